The Hall–Kier alpha value is -2.61. The van der Waals surface area contributed by atoms with Gasteiger partial charge in [-0.3, -0.25) is 4.79 Å². The van der Waals surface area contributed by atoms with Crippen LogP contribution in [0.25, 0.3) is 0 Å². The molecule has 9 heteroatoms. The lowest BCUT2D eigenvalue weighted by Gasteiger charge is -2.19. The Balaban J connectivity index is 0.00000280. The number of hydrogen-bond acceptors (Lipinski definition) is 6. The first-order valence-corrected chi connectivity index (χ1v) is 9.16. The Morgan fingerprint density at radius 3 is 2.82 bits per heavy atom. The molecule has 1 fully saturated rings. The fourth-order valence-corrected chi connectivity index (χ4v) is 3.21. The lowest BCUT2D eigenvalue weighted by molar-refractivity contribution is -0.119. The van der Waals surface area contributed by atoms with Gasteiger partial charge in [-0.05, 0) is 31.0 Å². The summed E-state index contributed by atoms with van der Waals surface area (Å²) >= 11 is 0. The number of aromatic nitrogens is 2. The van der Waals surface area contributed by atoms with Crippen molar-refractivity contribution < 1.29 is 9.18 Å². The minimum absolute atomic E-state index is 0. The molecule has 2 aromatic rings. The summed E-state index contributed by atoms with van der Waals surface area (Å²) in [5, 5.41) is 6.07. The second kappa shape index (κ2) is 9.54. The smallest absolute Gasteiger partial charge is 0.229 e. The molecular weight excluding hydrogens is 383 g/mol. The Kier molecular flexibility index (Phi) is 7.39. The number of aryl methyl sites for hydroxylation is 1. The van der Waals surface area contributed by atoms with Crippen LogP contribution in [0.1, 0.15) is 32.4 Å². The minimum Gasteiger partial charge on any atom is -0.396 e. The number of amides is 1. The van der Waals surface area contributed by atoms with Crippen LogP contribution in [0.3, 0.4) is 0 Å². The second-order valence-electron chi connectivity index (χ2n) is 6.78. The van der Waals surface area contributed by atoms with E-state index in [9.17, 15) is 9.18 Å². The first kappa shape index (κ1) is 21.7. The van der Waals surface area contributed by atoms with Crippen molar-refractivity contribution in [2.75, 3.05) is 29.0 Å². The van der Waals surface area contributed by atoms with Crippen LogP contribution < -0.4 is 21.3 Å². The summed E-state index contributed by atoms with van der Waals surface area (Å²) in [5.41, 5.74) is 7.27. The Labute approximate surface area is 170 Å². The summed E-state index contributed by atoms with van der Waals surface area (Å²) in [6.07, 6.45) is 2.68. The maximum absolute atomic E-state index is 13.4. The van der Waals surface area contributed by atoms with E-state index < -0.39 is 5.82 Å². The molecule has 1 amide bonds. The molecule has 0 aliphatic carbocycles. The summed E-state index contributed by atoms with van der Waals surface area (Å²) in [7, 11) is 0. The molecule has 2 heterocycles. The third-order valence-corrected chi connectivity index (χ3v) is 4.44. The van der Waals surface area contributed by atoms with Gasteiger partial charge in [-0.2, -0.15) is 4.98 Å². The van der Waals surface area contributed by atoms with E-state index in [-0.39, 0.29) is 30.0 Å². The molecule has 3 rings (SSSR count). The molecule has 1 aliphatic rings. The Bertz CT molecular complexity index is 834. The average Bonchev–Trinajstić information content (AvgIpc) is 3.06. The molecule has 0 radical (unpaired) electrons. The van der Waals surface area contributed by atoms with Gasteiger partial charge in [-0.1, -0.05) is 13.3 Å². The van der Waals surface area contributed by atoms with E-state index in [1.165, 1.54) is 19.1 Å². The summed E-state index contributed by atoms with van der Waals surface area (Å²) in [6.45, 7) is 5.16. The van der Waals surface area contributed by atoms with Crippen molar-refractivity contribution in [3.8, 4) is 0 Å². The van der Waals surface area contributed by atoms with Gasteiger partial charge in [0.25, 0.3) is 0 Å². The molecule has 0 saturated carbocycles. The number of anilines is 4. The van der Waals surface area contributed by atoms with Gasteiger partial charge in [-0.15, -0.1) is 12.4 Å². The molecule has 1 atom stereocenters. The summed E-state index contributed by atoms with van der Waals surface area (Å²) < 4.78 is 13.4. The zero-order chi connectivity index (χ0) is 19.4. The standard InChI is InChI=1S/C19H25FN6O.ClH/c1-3-4-13-10-18(26-8-7-15(11-26)22-12(2)27)25-19(23-13)24-14-5-6-16(20)17(21)9-14;/h5-6,9-10,15H,3-4,7-8,11,21H2,1-2H3,(H,22,27)(H,23,24,25);1H. The van der Waals surface area contributed by atoms with E-state index in [4.69, 9.17) is 5.73 Å². The van der Waals surface area contributed by atoms with Crippen LogP contribution in [0.4, 0.5) is 27.5 Å². The zero-order valence-electron chi connectivity index (χ0n) is 16.0. The highest BCUT2D eigenvalue weighted by Crippen LogP contribution is 2.24. The van der Waals surface area contributed by atoms with E-state index in [0.29, 0.717) is 18.2 Å². The lowest BCUT2D eigenvalue weighted by atomic mass is 10.2. The molecule has 1 saturated heterocycles. The molecule has 0 bridgehead atoms. The monoisotopic (exact) mass is 408 g/mol. The minimum atomic E-state index is -0.456. The largest absolute Gasteiger partial charge is 0.396 e. The van der Waals surface area contributed by atoms with Gasteiger partial charge in [0.2, 0.25) is 11.9 Å². The fourth-order valence-electron chi connectivity index (χ4n) is 3.21. The van der Waals surface area contributed by atoms with E-state index in [2.05, 4.69) is 32.4 Å². The molecule has 4 N–H and O–H groups in total. The van der Waals surface area contributed by atoms with Crippen LogP contribution in [-0.4, -0.2) is 35.0 Å². The molecule has 1 aliphatic heterocycles. The highest BCUT2D eigenvalue weighted by Gasteiger charge is 2.24. The lowest BCUT2D eigenvalue weighted by Crippen LogP contribution is -2.35. The number of rotatable bonds is 6. The van der Waals surface area contributed by atoms with Crippen molar-refractivity contribution in [3.05, 3.63) is 35.8 Å². The number of carbonyl (C=O) groups excluding carboxylic acids is 1. The number of nitrogens with two attached hydrogens (primary N) is 1. The molecule has 1 aromatic heterocycles. The van der Waals surface area contributed by atoms with Crippen molar-refractivity contribution >= 4 is 41.5 Å². The molecular formula is C19H26ClFN6O. The first-order chi connectivity index (χ1) is 12.9. The highest BCUT2D eigenvalue weighted by atomic mass is 35.5. The van der Waals surface area contributed by atoms with E-state index >= 15 is 0 Å². The van der Waals surface area contributed by atoms with E-state index in [0.717, 1.165) is 37.3 Å². The highest BCUT2D eigenvalue weighted by molar-refractivity contribution is 5.85. The van der Waals surface area contributed by atoms with Crippen molar-refractivity contribution in [3.63, 3.8) is 0 Å². The van der Waals surface area contributed by atoms with Crippen LogP contribution in [-0.2, 0) is 11.2 Å². The quantitative estimate of drug-likeness (QED) is 0.636. The van der Waals surface area contributed by atoms with Crippen molar-refractivity contribution in [2.45, 2.75) is 39.2 Å². The predicted molar refractivity (Wildman–Crippen MR) is 112 cm³/mol. The van der Waals surface area contributed by atoms with Crippen LogP contribution >= 0.6 is 12.4 Å². The molecule has 152 valence electrons. The SMILES string of the molecule is CCCc1cc(N2CCC(NC(C)=O)C2)nc(Nc2ccc(F)c(N)c2)n1.Cl. The van der Waals surface area contributed by atoms with Crippen molar-refractivity contribution in [1.29, 1.82) is 0 Å². The molecule has 0 spiro atoms. The van der Waals surface area contributed by atoms with Crippen molar-refractivity contribution in [1.82, 2.24) is 15.3 Å². The van der Waals surface area contributed by atoms with Crippen LogP contribution in [0.5, 0.6) is 0 Å². The van der Waals surface area contributed by atoms with Gasteiger partial charge in [0.15, 0.2) is 0 Å². The molecule has 7 nitrogen and oxygen atoms in total. The predicted octanol–water partition coefficient (Wildman–Crippen LogP) is 3.03. The number of nitrogens with one attached hydrogen (secondary N) is 2. The number of halogens is 2. The van der Waals surface area contributed by atoms with Crippen LogP contribution in [0, 0.1) is 5.82 Å². The number of benzene rings is 1. The average molecular weight is 409 g/mol. The maximum atomic E-state index is 13.4. The van der Waals surface area contributed by atoms with Crippen LogP contribution in [0.2, 0.25) is 0 Å². The van der Waals surface area contributed by atoms with Gasteiger partial charge in [-0.25, -0.2) is 9.37 Å². The summed E-state index contributed by atoms with van der Waals surface area (Å²) in [6, 6.07) is 6.55. The summed E-state index contributed by atoms with van der Waals surface area (Å²) in [5.74, 6) is 0.791. The Morgan fingerprint density at radius 2 is 2.14 bits per heavy atom. The maximum Gasteiger partial charge on any atom is 0.229 e. The van der Waals surface area contributed by atoms with Gasteiger partial charge < -0.3 is 21.3 Å². The van der Waals surface area contributed by atoms with Gasteiger partial charge in [0.1, 0.15) is 11.6 Å². The number of nitrogen functional groups attached to an aromatic ring is 1. The third-order valence-electron chi connectivity index (χ3n) is 4.44. The second-order valence-corrected chi connectivity index (χ2v) is 6.78. The van der Waals surface area contributed by atoms with Gasteiger partial charge in [0.05, 0.1) is 5.69 Å². The fraction of sp³-hybridized carbons (Fsp3) is 0.421. The number of nitrogens with zero attached hydrogens (tertiary/aromatic N) is 3. The van der Waals surface area contributed by atoms with Crippen LogP contribution in [0.15, 0.2) is 24.3 Å². The van der Waals surface area contributed by atoms with E-state index in [1.807, 2.05) is 6.07 Å². The van der Waals surface area contributed by atoms with Crippen molar-refractivity contribution in [2.24, 2.45) is 0 Å². The van der Waals surface area contributed by atoms with E-state index in [1.54, 1.807) is 6.07 Å². The first-order valence-electron chi connectivity index (χ1n) is 9.16. The molecule has 1 aromatic carbocycles. The topological polar surface area (TPSA) is 96.2 Å². The third kappa shape index (κ3) is 5.45. The van der Waals surface area contributed by atoms with Gasteiger partial charge >= 0.3 is 0 Å². The Morgan fingerprint density at radius 1 is 1.36 bits per heavy atom. The summed E-state index contributed by atoms with van der Waals surface area (Å²) in [4.78, 5) is 22.6. The number of carbonyl (C=O) groups is 1. The van der Waals surface area contributed by atoms with Gasteiger partial charge in [0, 0.05) is 43.5 Å². The normalized spacial score (nSPS) is 15.8. The zero-order valence-corrected chi connectivity index (χ0v) is 16.9. The molecule has 28 heavy (non-hydrogen) atoms. The molecule has 1 unspecified atom stereocenters. The number of hydrogen-bond donors (Lipinski definition) is 3.